The van der Waals surface area contributed by atoms with Gasteiger partial charge in [-0.25, -0.2) is 0 Å². The average Bonchev–Trinajstić information content (AvgIpc) is 2.84. The summed E-state index contributed by atoms with van der Waals surface area (Å²) >= 11 is 0. The Labute approximate surface area is 111 Å². The van der Waals surface area contributed by atoms with Gasteiger partial charge < -0.3 is 20.2 Å². The standard InChI is InChI=1S/C14H16N2O3/c1-10(18)16-12-4-2-3-11(7-12)15-8-13-5-6-14(9-17)19-13/h2-7,15,17H,8-9H2,1H3,(H,16,18). The number of aliphatic hydroxyl groups is 1. The van der Waals surface area contributed by atoms with Gasteiger partial charge in [0.15, 0.2) is 0 Å². The van der Waals surface area contributed by atoms with Crippen molar-refractivity contribution in [2.24, 2.45) is 0 Å². The normalized spacial score (nSPS) is 10.2. The molecule has 0 saturated carbocycles. The lowest BCUT2D eigenvalue weighted by Crippen LogP contribution is -2.06. The molecule has 0 aliphatic heterocycles. The van der Waals surface area contributed by atoms with Crippen molar-refractivity contribution in [3.63, 3.8) is 0 Å². The Balaban J connectivity index is 1.97. The largest absolute Gasteiger partial charge is 0.462 e. The van der Waals surface area contributed by atoms with E-state index in [9.17, 15) is 4.79 Å². The van der Waals surface area contributed by atoms with Gasteiger partial charge in [0.2, 0.25) is 5.91 Å². The molecule has 0 atom stereocenters. The molecule has 0 radical (unpaired) electrons. The van der Waals surface area contributed by atoms with Crippen LogP contribution in [0.2, 0.25) is 0 Å². The second kappa shape index (κ2) is 6.06. The van der Waals surface area contributed by atoms with Gasteiger partial charge >= 0.3 is 0 Å². The summed E-state index contributed by atoms with van der Waals surface area (Å²) < 4.78 is 5.37. The SMILES string of the molecule is CC(=O)Nc1cccc(NCc2ccc(CO)o2)c1. The Bertz CT molecular complexity index is 563. The van der Waals surface area contributed by atoms with E-state index in [1.807, 2.05) is 30.3 Å². The second-order valence-corrected chi connectivity index (χ2v) is 4.14. The van der Waals surface area contributed by atoms with Crippen LogP contribution in [0.25, 0.3) is 0 Å². The quantitative estimate of drug-likeness (QED) is 0.771. The fraction of sp³-hybridized carbons (Fsp3) is 0.214. The van der Waals surface area contributed by atoms with Crippen molar-refractivity contribution >= 4 is 17.3 Å². The van der Waals surface area contributed by atoms with Gasteiger partial charge in [-0.3, -0.25) is 4.79 Å². The lowest BCUT2D eigenvalue weighted by molar-refractivity contribution is -0.114. The lowest BCUT2D eigenvalue weighted by Gasteiger charge is -2.07. The van der Waals surface area contributed by atoms with Crippen LogP contribution in [0.15, 0.2) is 40.8 Å². The zero-order chi connectivity index (χ0) is 13.7. The molecule has 0 aliphatic rings. The Kier molecular flexibility index (Phi) is 4.20. The van der Waals surface area contributed by atoms with Crippen molar-refractivity contribution in [2.45, 2.75) is 20.1 Å². The van der Waals surface area contributed by atoms with Crippen LogP contribution < -0.4 is 10.6 Å². The highest BCUT2D eigenvalue weighted by atomic mass is 16.4. The number of nitrogens with one attached hydrogen (secondary N) is 2. The van der Waals surface area contributed by atoms with Crippen LogP contribution >= 0.6 is 0 Å². The third-order valence-corrected chi connectivity index (χ3v) is 2.52. The third kappa shape index (κ3) is 3.86. The van der Waals surface area contributed by atoms with Crippen molar-refractivity contribution in [2.75, 3.05) is 10.6 Å². The van der Waals surface area contributed by atoms with Crippen LogP contribution in [0.5, 0.6) is 0 Å². The van der Waals surface area contributed by atoms with Crippen molar-refractivity contribution in [1.82, 2.24) is 0 Å². The van der Waals surface area contributed by atoms with E-state index in [1.54, 1.807) is 6.07 Å². The third-order valence-electron chi connectivity index (χ3n) is 2.52. The van der Waals surface area contributed by atoms with Gasteiger partial charge in [0.1, 0.15) is 18.1 Å². The minimum Gasteiger partial charge on any atom is -0.462 e. The van der Waals surface area contributed by atoms with Crippen LogP contribution in [0, 0.1) is 0 Å². The van der Waals surface area contributed by atoms with E-state index in [1.165, 1.54) is 6.92 Å². The topological polar surface area (TPSA) is 74.5 Å². The summed E-state index contributed by atoms with van der Waals surface area (Å²) in [5, 5.41) is 14.8. The molecule has 19 heavy (non-hydrogen) atoms. The monoisotopic (exact) mass is 260 g/mol. The number of benzene rings is 1. The van der Waals surface area contributed by atoms with E-state index in [2.05, 4.69) is 10.6 Å². The Morgan fingerprint density at radius 2 is 1.95 bits per heavy atom. The molecule has 0 fully saturated rings. The first-order valence-electron chi connectivity index (χ1n) is 5.97. The lowest BCUT2D eigenvalue weighted by atomic mass is 10.2. The summed E-state index contributed by atoms with van der Waals surface area (Å²) in [6.07, 6.45) is 0. The van der Waals surface area contributed by atoms with Gasteiger partial charge in [-0.15, -0.1) is 0 Å². The molecule has 0 saturated heterocycles. The van der Waals surface area contributed by atoms with E-state index in [-0.39, 0.29) is 12.5 Å². The molecule has 0 spiro atoms. The minimum absolute atomic E-state index is 0.0992. The summed E-state index contributed by atoms with van der Waals surface area (Å²) in [5.41, 5.74) is 1.63. The van der Waals surface area contributed by atoms with E-state index in [0.717, 1.165) is 17.1 Å². The summed E-state index contributed by atoms with van der Waals surface area (Å²) in [6.45, 7) is 1.89. The molecule has 0 bridgehead atoms. The summed E-state index contributed by atoms with van der Waals surface area (Å²) in [4.78, 5) is 11.0. The molecule has 2 rings (SSSR count). The molecular weight excluding hydrogens is 244 g/mol. The van der Waals surface area contributed by atoms with Crippen molar-refractivity contribution in [3.8, 4) is 0 Å². The van der Waals surface area contributed by atoms with Crippen molar-refractivity contribution in [3.05, 3.63) is 47.9 Å². The molecule has 5 heteroatoms. The number of carbonyl (C=O) groups is 1. The number of hydrogen-bond donors (Lipinski definition) is 3. The number of hydrogen-bond acceptors (Lipinski definition) is 4. The molecule has 0 aliphatic carbocycles. The second-order valence-electron chi connectivity index (χ2n) is 4.14. The molecule has 1 heterocycles. The maximum absolute atomic E-state index is 11.0. The number of amides is 1. The smallest absolute Gasteiger partial charge is 0.221 e. The first-order chi connectivity index (χ1) is 9.17. The summed E-state index contributed by atoms with van der Waals surface area (Å²) in [7, 11) is 0. The highest BCUT2D eigenvalue weighted by molar-refractivity contribution is 5.89. The zero-order valence-electron chi connectivity index (χ0n) is 10.6. The fourth-order valence-electron chi connectivity index (χ4n) is 1.70. The molecule has 5 nitrogen and oxygen atoms in total. The molecule has 1 amide bonds. The van der Waals surface area contributed by atoms with E-state index in [4.69, 9.17) is 9.52 Å². The highest BCUT2D eigenvalue weighted by Gasteiger charge is 2.02. The van der Waals surface area contributed by atoms with Crippen molar-refractivity contribution in [1.29, 1.82) is 0 Å². The van der Waals surface area contributed by atoms with Crippen molar-refractivity contribution < 1.29 is 14.3 Å². The van der Waals surface area contributed by atoms with Gasteiger partial charge in [0.25, 0.3) is 0 Å². The summed E-state index contributed by atoms with van der Waals surface area (Å²) in [5.74, 6) is 1.19. The van der Waals surface area contributed by atoms with Gasteiger partial charge in [0, 0.05) is 18.3 Å². The maximum Gasteiger partial charge on any atom is 0.221 e. The predicted octanol–water partition coefficient (Wildman–Crippen LogP) is 2.34. The molecule has 0 unspecified atom stereocenters. The highest BCUT2D eigenvalue weighted by Crippen LogP contribution is 2.16. The maximum atomic E-state index is 11.0. The first-order valence-corrected chi connectivity index (χ1v) is 5.97. The molecule has 2 aromatic rings. The molecular formula is C14H16N2O3. The number of anilines is 2. The number of furan rings is 1. The van der Waals surface area contributed by atoms with Gasteiger partial charge in [-0.1, -0.05) is 6.07 Å². The average molecular weight is 260 g/mol. The molecule has 1 aromatic carbocycles. The van der Waals surface area contributed by atoms with Crippen LogP contribution in [-0.2, 0) is 17.9 Å². The Hall–Kier alpha value is -2.27. The van der Waals surface area contributed by atoms with Gasteiger partial charge in [-0.2, -0.15) is 0 Å². The van der Waals surface area contributed by atoms with E-state index in [0.29, 0.717) is 12.3 Å². The predicted molar refractivity (Wildman–Crippen MR) is 72.7 cm³/mol. The van der Waals surface area contributed by atoms with Crippen LogP contribution in [0.3, 0.4) is 0 Å². The minimum atomic E-state index is -0.101. The van der Waals surface area contributed by atoms with E-state index >= 15 is 0 Å². The first kappa shape index (κ1) is 13.2. The Morgan fingerprint density at radius 1 is 1.21 bits per heavy atom. The summed E-state index contributed by atoms with van der Waals surface area (Å²) in [6, 6.07) is 11.0. The van der Waals surface area contributed by atoms with Gasteiger partial charge in [0.05, 0.1) is 6.54 Å². The van der Waals surface area contributed by atoms with Crippen LogP contribution in [-0.4, -0.2) is 11.0 Å². The van der Waals surface area contributed by atoms with E-state index < -0.39 is 0 Å². The van der Waals surface area contributed by atoms with Crippen LogP contribution in [0.4, 0.5) is 11.4 Å². The fourth-order valence-corrected chi connectivity index (χ4v) is 1.70. The number of carbonyl (C=O) groups excluding carboxylic acids is 1. The molecule has 3 N–H and O–H groups in total. The Morgan fingerprint density at radius 3 is 2.63 bits per heavy atom. The molecule has 100 valence electrons. The number of aliphatic hydroxyl groups excluding tert-OH is 1. The zero-order valence-corrected chi connectivity index (χ0v) is 10.6. The van der Waals surface area contributed by atoms with Crippen LogP contribution in [0.1, 0.15) is 18.4 Å². The number of rotatable bonds is 5. The molecule has 1 aromatic heterocycles. The van der Waals surface area contributed by atoms with Gasteiger partial charge in [-0.05, 0) is 30.3 Å².